The highest BCUT2D eigenvalue weighted by Gasteiger charge is 2.11. The van der Waals surface area contributed by atoms with Crippen LogP contribution in [0.2, 0.25) is 10.0 Å². The Hall–Kier alpha value is -1.46. The quantitative estimate of drug-likeness (QED) is 0.671. The summed E-state index contributed by atoms with van der Waals surface area (Å²) in [5.41, 5.74) is 1.79. The van der Waals surface area contributed by atoms with Crippen LogP contribution in [0, 0.1) is 0 Å². The van der Waals surface area contributed by atoms with Crippen molar-refractivity contribution >= 4 is 23.2 Å². The van der Waals surface area contributed by atoms with Gasteiger partial charge < -0.3 is 19.9 Å². The monoisotopic (exact) mass is 383 g/mol. The van der Waals surface area contributed by atoms with Gasteiger partial charge in [-0.15, -0.1) is 0 Å². The van der Waals surface area contributed by atoms with Gasteiger partial charge in [0.2, 0.25) is 0 Å². The summed E-state index contributed by atoms with van der Waals surface area (Å²) in [6.07, 6.45) is 0.868. The summed E-state index contributed by atoms with van der Waals surface area (Å²) in [6.45, 7) is 3.06. The van der Waals surface area contributed by atoms with Gasteiger partial charge in [0.05, 0.1) is 13.7 Å². The van der Waals surface area contributed by atoms with E-state index in [9.17, 15) is 5.11 Å². The Kier molecular flexibility index (Phi) is 7.85. The molecule has 0 amide bonds. The Morgan fingerprint density at radius 2 is 1.84 bits per heavy atom. The smallest absolute Gasteiger partial charge is 0.161 e. The van der Waals surface area contributed by atoms with Gasteiger partial charge in [0.25, 0.3) is 0 Å². The third-order valence-electron chi connectivity index (χ3n) is 3.97. The van der Waals surface area contributed by atoms with Gasteiger partial charge >= 0.3 is 0 Å². The van der Waals surface area contributed by atoms with E-state index < -0.39 is 0 Å². The molecule has 0 aromatic heterocycles. The Labute approximate surface area is 158 Å². The lowest BCUT2D eigenvalue weighted by Crippen LogP contribution is -2.31. The van der Waals surface area contributed by atoms with E-state index in [1.807, 2.05) is 25.1 Å². The van der Waals surface area contributed by atoms with Crippen molar-refractivity contribution in [1.82, 2.24) is 5.32 Å². The molecule has 0 aliphatic carbocycles. The zero-order valence-electron chi connectivity index (χ0n) is 14.4. The summed E-state index contributed by atoms with van der Waals surface area (Å²) in [5, 5.41) is 13.7. The molecule has 6 heteroatoms. The lowest BCUT2D eigenvalue weighted by Gasteiger charge is -2.16. The number of methoxy groups -OCH3 is 1. The molecule has 0 saturated heterocycles. The highest BCUT2D eigenvalue weighted by atomic mass is 35.5. The molecule has 136 valence electrons. The maximum atomic E-state index is 9.24. The van der Waals surface area contributed by atoms with Gasteiger partial charge in [-0.25, -0.2) is 0 Å². The lowest BCUT2D eigenvalue weighted by atomic mass is 10.1. The van der Waals surface area contributed by atoms with Crippen molar-refractivity contribution in [3.05, 3.63) is 57.6 Å². The fourth-order valence-corrected chi connectivity index (χ4v) is 2.87. The molecule has 0 aliphatic heterocycles. The van der Waals surface area contributed by atoms with Gasteiger partial charge in [0.1, 0.15) is 6.61 Å². The standard InChI is InChI=1S/C19H23Cl2NO3/c1-3-14(11-23)22-10-13-7-8-18(19(9-13)24-2)25-12-15-16(20)5-4-6-17(15)21/h4-9,14,22-23H,3,10-12H2,1-2H3. The van der Waals surface area contributed by atoms with Gasteiger partial charge in [-0.05, 0) is 36.2 Å². The van der Waals surface area contributed by atoms with Crippen LogP contribution in [0.4, 0.5) is 0 Å². The molecule has 0 saturated carbocycles. The fraction of sp³-hybridized carbons (Fsp3) is 0.368. The minimum atomic E-state index is 0.0873. The summed E-state index contributed by atoms with van der Waals surface area (Å²) in [7, 11) is 1.60. The van der Waals surface area contributed by atoms with Crippen LogP contribution in [-0.2, 0) is 13.2 Å². The number of aliphatic hydroxyl groups excluding tert-OH is 1. The largest absolute Gasteiger partial charge is 0.493 e. The average molecular weight is 384 g/mol. The Balaban J connectivity index is 2.06. The van der Waals surface area contributed by atoms with E-state index in [-0.39, 0.29) is 19.3 Å². The predicted molar refractivity (Wildman–Crippen MR) is 102 cm³/mol. The van der Waals surface area contributed by atoms with E-state index >= 15 is 0 Å². The molecule has 0 radical (unpaired) electrons. The summed E-state index contributed by atoms with van der Waals surface area (Å²) in [4.78, 5) is 0. The van der Waals surface area contributed by atoms with Crippen LogP contribution in [0.5, 0.6) is 11.5 Å². The molecule has 1 unspecified atom stereocenters. The second-order valence-electron chi connectivity index (χ2n) is 5.64. The van der Waals surface area contributed by atoms with E-state index in [1.54, 1.807) is 25.3 Å². The Morgan fingerprint density at radius 1 is 1.12 bits per heavy atom. The molecular weight excluding hydrogens is 361 g/mol. The van der Waals surface area contributed by atoms with Crippen LogP contribution in [0.25, 0.3) is 0 Å². The number of hydrogen-bond donors (Lipinski definition) is 2. The van der Waals surface area contributed by atoms with Gasteiger partial charge in [-0.2, -0.15) is 0 Å². The van der Waals surface area contributed by atoms with Crippen LogP contribution in [-0.4, -0.2) is 24.9 Å². The van der Waals surface area contributed by atoms with Crippen LogP contribution >= 0.6 is 23.2 Å². The van der Waals surface area contributed by atoms with Gasteiger partial charge in [-0.1, -0.05) is 42.3 Å². The average Bonchev–Trinajstić information content (AvgIpc) is 2.62. The highest BCUT2D eigenvalue weighted by Crippen LogP contribution is 2.31. The molecule has 1 atom stereocenters. The Bertz CT molecular complexity index is 670. The summed E-state index contributed by atoms with van der Waals surface area (Å²) in [6, 6.07) is 11.2. The minimum Gasteiger partial charge on any atom is -0.493 e. The Morgan fingerprint density at radius 3 is 2.44 bits per heavy atom. The maximum Gasteiger partial charge on any atom is 0.161 e. The number of aliphatic hydroxyl groups is 1. The first kappa shape index (κ1) is 19.9. The van der Waals surface area contributed by atoms with Crippen molar-refractivity contribution in [3.8, 4) is 11.5 Å². The SMILES string of the molecule is CCC(CO)NCc1ccc(OCc2c(Cl)cccc2Cl)c(OC)c1. The molecule has 0 bridgehead atoms. The number of nitrogens with one attached hydrogen (secondary N) is 1. The zero-order chi connectivity index (χ0) is 18.2. The zero-order valence-corrected chi connectivity index (χ0v) is 15.9. The molecule has 25 heavy (non-hydrogen) atoms. The highest BCUT2D eigenvalue weighted by molar-refractivity contribution is 6.35. The first-order chi connectivity index (χ1) is 12.1. The van der Waals surface area contributed by atoms with E-state index in [4.69, 9.17) is 32.7 Å². The maximum absolute atomic E-state index is 9.24. The third kappa shape index (κ3) is 5.51. The van der Waals surface area contributed by atoms with E-state index in [0.29, 0.717) is 28.1 Å². The molecule has 0 spiro atoms. The topological polar surface area (TPSA) is 50.7 Å². The number of ether oxygens (including phenoxy) is 2. The molecule has 2 rings (SSSR count). The summed E-state index contributed by atoms with van der Waals surface area (Å²) >= 11 is 12.3. The van der Waals surface area contributed by atoms with Crippen molar-refractivity contribution in [2.75, 3.05) is 13.7 Å². The minimum absolute atomic E-state index is 0.0873. The molecule has 2 aromatic carbocycles. The molecule has 4 nitrogen and oxygen atoms in total. The lowest BCUT2D eigenvalue weighted by molar-refractivity contribution is 0.238. The number of hydrogen-bond acceptors (Lipinski definition) is 4. The van der Waals surface area contributed by atoms with Crippen molar-refractivity contribution in [2.45, 2.75) is 32.5 Å². The van der Waals surface area contributed by atoms with Crippen LogP contribution < -0.4 is 14.8 Å². The van der Waals surface area contributed by atoms with Crippen LogP contribution in [0.1, 0.15) is 24.5 Å². The molecular formula is C19H23Cl2NO3. The first-order valence-electron chi connectivity index (χ1n) is 8.15. The number of benzene rings is 2. The second-order valence-corrected chi connectivity index (χ2v) is 6.46. The molecule has 0 fully saturated rings. The van der Waals surface area contributed by atoms with E-state index in [1.165, 1.54) is 0 Å². The molecule has 0 heterocycles. The van der Waals surface area contributed by atoms with Crippen molar-refractivity contribution < 1.29 is 14.6 Å². The number of halogens is 2. The van der Waals surface area contributed by atoms with Crippen LogP contribution in [0.15, 0.2) is 36.4 Å². The van der Waals surface area contributed by atoms with Gasteiger partial charge in [-0.3, -0.25) is 0 Å². The summed E-state index contributed by atoms with van der Waals surface area (Å²) in [5.74, 6) is 1.26. The van der Waals surface area contributed by atoms with Crippen LogP contribution in [0.3, 0.4) is 0 Å². The first-order valence-corrected chi connectivity index (χ1v) is 8.91. The molecule has 2 aromatic rings. The predicted octanol–water partition coefficient (Wildman–Crippen LogP) is 4.44. The van der Waals surface area contributed by atoms with Crippen molar-refractivity contribution in [3.63, 3.8) is 0 Å². The third-order valence-corrected chi connectivity index (χ3v) is 4.68. The van der Waals surface area contributed by atoms with Crippen molar-refractivity contribution in [1.29, 1.82) is 0 Å². The number of rotatable bonds is 9. The van der Waals surface area contributed by atoms with E-state index in [0.717, 1.165) is 17.5 Å². The van der Waals surface area contributed by atoms with Gasteiger partial charge in [0.15, 0.2) is 11.5 Å². The normalized spacial score (nSPS) is 12.0. The van der Waals surface area contributed by atoms with E-state index in [2.05, 4.69) is 5.32 Å². The molecule has 2 N–H and O–H groups in total. The van der Waals surface area contributed by atoms with Crippen molar-refractivity contribution in [2.24, 2.45) is 0 Å². The fourth-order valence-electron chi connectivity index (χ4n) is 2.36. The summed E-state index contributed by atoms with van der Waals surface area (Å²) < 4.78 is 11.3. The molecule has 0 aliphatic rings. The second kappa shape index (κ2) is 9.88. The van der Waals surface area contributed by atoms with Gasteiger partial charge in [0, 0.05) is 28.2 Å².